The molecule has 0 rings (SSSR count). The van der Waals surface area contributed by atoms with Crippen molar-refractivity contribution in [1.29, 1.82) is 0 Å². The molecule has 0 aliphatic carbocycles. The number of carboxylic acids is 1. The minimum Gasteiger partial charge on any atom is -0.480 e. The molecule has 362 valence electrons. The Balaban J connectivity index is 4.16. The zero-order valence-electron chi connectivity index (χ0n) is 39.5. The molecule has 3 atom stereocenters. The molecule has 0 aliphatic rings. The Kier molecular flexibility index (Phi) is 43.9. The van der Waals surface area contributed by atoms with Crippen LogP contribution in [0.3, 0.4) is 0 Å². The van der Waals surface area contributed by atoms with E-state index in [1.807, 2.05) is 0 Å². The summed E-state index contributed by atoms with van der Waals surface area (Å²) in [6.07, 6.45) is 46.0. The maximum Gasteiger partial charge on any atom is 0.472 e. The number of phosphoric ester groups is 1. The summed E-state index contributed by atoms with van der Waals surface area (Å²) in [5.74, 6) is -2.35. The number of hydrogen-bond acceptors (Lipinski definition) is 9. The van der Waals surface area contributed by atoms with Crippen molar-refractivity contribution in [2.24, 2.45) is 5.73 Å². The highest BCUT2D eigenvalue weighted by molar-refractivity contribution is 7.47. The number of esters is 2. The Bertz CT molecular complexity index is 1050. The molecule has 0 fully saturated rings. The zero-order chi connectivity index (χ0) is 44.9. The van der Waals surface area contributed by atoms with Crippen LogP contribution in [0.1, 0.15) is 264 Å². The number of aliphatic carboxylic acids is 1. The molecule has 0 radical (unpaired) electrons. The van der Waals surface area contributed by atoms with Gasteiger partial charge in [0.15, 0.2) is 6.10 Å². The second-order valence-electron chi connectivity index (χ2n) is 17.7. The van der Waals surface area contributed by atoms with Gasteiger partial charge in [-0.3, -0.25) is 23.4 Å². The maximum absolute atomic E-state index is 12.7. The van der Waals surface area contributed by atoms with Gasteiger partial charge in [-0.1, -0.05) is 239 Å². The third-order valence-corrected chi connectivity index (χ3v) is 12.6. The fraction of sp³-hybridized carbons (Fsp3) is 0.939. The topological polar surface area (TPSA) is 172 Å². The van der Waals surface area contributed by atoms with Gasteiger partial charge in [-0.25, -0.2) is 4.57 Å². The Labute approximate surface area is 374 Å². The van der Waals surface area contributed by atoms with Gasteiger partial charge < -0.3 is 25.2 Å². The van der Waals surface area contributed by atoms with Crippen molar-refractivity contribution < 1.29 is 47.5 Å². The summed E-state index contributed by atoms with van der Waals surface area (Å²) < 4.78 is 32.8. The van der Waals surface area contributed by atoms with E-state index in [1.165, 1.54) is 186 Å². The fourth-order valence-corrected chi connectivity index (χ4v) is 8.38. The van der Waals surface area contributed by atoms with Gasteiger partial charge in [0.2, 0.25) is 0 Å². The van der Waals surface area contributed by atoms with Crippen LogP contribution in [-0.2, 0) is 37.5 Å². The van der Waals surface area contributed by atoms with Crippen LogP contribution in [0.15, 0.2) is 0 Å². The summed E-state index contributed by atoms with van der Waals surface area (Å²) in [5, 5.41) is 8.91. The van der Waals surface area contributed by atoms with E-state index in [4.69, 9.17) is 24.8 Å². The molecule has 0 saturated heterocycles. The average Bonchev–Trinajstić information content (AvgIpc) is 3.24. The summed E-state index contributed by atoms with van der Waals surface area (Å²) in [4.78, 5) is 46.1. The Morgan fingerprint density at radius 3 is 1.03 bits per heavy atom. The predicted octanol–water partition coefficient (Wildman–Crippen LogP) is 14.2. The molecule has 61 heavy (non-hydrogen) atoms. The number of unbranched alkanes of at least 4 members (excludes halogenated alkanes) is 35. The molecule has 12 heteroatoms. The van der Waals surface area contributed by atoms with Gasteiger partial charge >= 0.3 is 25.7 Å². The van der Waals surface area contributed by atoms with Crippen LogP contribution in [0.2, 0.25) is 0 Å². The highest BCUT2D eigenvalue weighted by Gasteiger charge is 2.28. The molecule has 0 saturated carbocycles. The number of carboxylic acid groups (broad SMARTS) is 1. The lowest BCUT2D eigenvalue weighted by Gasteiger charge is -2.20. The van der Waals surface area contributed by atoms with Crippen molar-refractivity contribution >= 4 is 25.7 Å². The number of ether oxygens (including phenoxy) is 2. The summed E-state index contributed by atoms with van der Waals surface area (Å²) in [6, 6.07) is -1.52. The van der Waals surface area contributed by atoms with Gasteiger partial charge in [0.1, 0.15) is 12.6 Å². The first-order valence-electron chi connectivity index (χ1n) is 25.6. The zero-order valence-corrected chi connectivity index (χ0v) is 40.4. The van der Waals surface area contributed by atoms with Crippen molar-refractivity contribution in [2.45, 2.75) is 276 Å². The van der Waals surface area contributed by atoms with E-state index in [-0.39, 0.29) is 19.4 Å². The first kappa shape index (κ1) is 59.5. The first-order chi connectivity index (χ1) is 29.6. The number of hydrogen-bond donors (Lipinski definition) is 3. The van der Waals surface area contributed by atoms with Crippen LogP contribution < -0.4 is 5.73 Å². The van der Waals surface area contributed by atoms with Gasteiger partial charge in [0.05, 0.1) is 13.2 Å². The summed E-state index contributed by atoms with van der Waals surface area (Å²) in [6.45, 7) is 2.86. The average molecular weight is 890 g/mol. The van der Waals surface area contributed by atoms with Crippen LogP contribution in [-0.4, -0.2) is 59.9 Å². The molecular weight excluding hydrogens is 794 g/mol. The maximum atomic E-state index is 12.7. The van der Waals surface area contributed by atoms with Crippen LogP contribution >= 0.6 is 7.82 Å². The van der Waals surface area contributed by atoms with Crippen molar-refractivity contribution in [1.82, 2.24) is 0 Å². The fourth-order valence-electron chi connectivity index (χ4n) is 7.60. The van der Waals surface area contributed by atoms with Crippen molar-refractivity contribution in [3.05, 3.63) is 0 Å². The van der Waals surface area contributed by atoms with Crippen molar-refractivity contribution in [2.75, 3.05) is 19.8 Å². The molecule has 0 aromatic rings. The molecule has 4 N–H and O–H groups in total. The molecular formula is C49H96NO10P. The largest absolute Gasteiger partial charge is 0.480 e. The van der Waals surface area contributed by atoms with Crippen LogP contribution in [0.25, 0.3) is 0 Å². The van der Waals surface area contributed by atoms with Gasteiger partial charge in [-0.15, -0.1) is 0 Å². The highest BCUT2D eigenvalue weighted by Crippen LogP contribution is 2.43. The van der Waals surface area contributed by atoms with E-state index in [0.29, 0.717) is 12.8 Å². The first-order valence-corrected chi connectivity index (χ1v) is 27.1. The molecule has 11 nitrogen and oxygen atoms in total. The monoisotopic (exact) mass is 890 g/mol. The Morgan fingerprint density at radius 1 is 0.443 bits per heavy atom. The summed E-state index contributed by atoms with van der Waals surface area (Å²) >= 11 is 0. The second kappa shape index (κ2) is 45.1. The normalized spacial score (nSPS) is 13.5. The predicted molar refractivity (Wildman–Crippen MR) is 250 cm³/mol. The van der Waals surface area contributed by atoms with Gasteiger partial charge in [-0.2, -0.15) is 0 Å². The van der Waals surface area contributed by atoms with Gasteiger partial charge in [-0.05, 0) is 12.8 Å². The minimum absolute atomic E-state index is 0.170. The second-order valence-corrected chi connectivity index (χ2v) is 19.1. The minimum atomic E-state index is -4.71. The lowest BCUT2D eigenvalue weighted by molar-refractivity contribution is -0.161. The smallest absolute Gasteiger partial charge is 0.472 e. The Morgan fingerprint density at radius 2 is 0.721 bits per heavy atom. The van der Waals surface area contributed by atoms with Crippen molar-refractivity contribution in [3.63, 3.8) is 0 Å². The SMILES string of the molecule is CCCCCCCCCCCCCCCCCCCCCCCCC(=O)OC[C@@H](COP(=O)(O)OC[C@@H](N)C(=O)O)OC(=O)CCCCCCCCCCCCCCCCC. The molecule has 0 aromatic carbocycles. The standard InChI is InChI=1S/C49H96NO10P/c1-3-5-7-9-11-13-15-17-19-20-21-22-23-24-25-27-28-30-32-34-36-38-40-47(51)57-42-45(43-58-61(55,56)59-44-46(50)49(53)54)60-48(52)41-39-37-35-33-31-29-26-18-16-14-12-10-8-6-4-2/h45-46H,3-44,50H2,1-2H3,(H,53,54)(H,55,56)/t45-,46+/m0/s1. The summed E-state index contributed by atoms with van der Waals surface area (Å²) in [7, 11) is -4.71. The van der Waals surface area contributed by atoms with E-state index in [1.54, 1.807) is 0 Å². The van der Waals surface area contributed by atoms with E-state index >= 15 is 0 Å². The molecule has 0 aliphatic heterocycles. The summed E-state index contributed by atoms with van der Waals surface area (Å²) in [5.41, 5.74) is 5.35. The molecule has 0 bridgehead atoms. The van der Waals surface area contributed by atoms with Crippen molar-refractivity contribution in [3.8, 4) is 0 Å². The number of carbonyl (C=O) groups is 3. The van der Waals surface area contributed by atoms with E-state index in [9.17, 15) is 23.8 Å². The number of carbonyl (C=O) groups excluding carboxylic acids is 2. The van der Waals surface area contributed by atoms with E-state index in [0.717, 1.165) is 38.5 Å². The highest BCUT2D eigenvalue weighted by atomic mass is 31.2. The molecule has 0 heterocycles. The third kappa shape index (κ3) is 44.9. The molecule has 0 amide bonds. The van der Waals surface area contributed by atoms with Gasteiger partial charge in [0, 0.05) is 12.8 Å². The number of nitrogens with two attached hydrogens (primary N) is 1. The van der Waals surface area contributed by atoms with E-state index < -0.39 is 51.1 Å². The molecule has 0 spiro atoms. The number of phosphoric acid groups is 1. The Hall–Kier alpha value is -1.52. The third-order valence-electron chi connectivity index (χ3n) is 11.6. The lowest BCUT2D eigenvalue weighted by atomic mass is 10.0. The number of rotatable bonds is 49. The molecule has 0 aromatic heterocycles. The lowest BCUT2D eigenvalue weighted by Crippen LogP contribution is -2.34. The van der Waals surface area contributed by atoms with Crippen LogP contribution in [0.4, 0.5) is 0 Å². The van der Waals surface area contributed by atoms with Crippen LogP contribution in [0.5, 0.6) is 0 Å². The quantitative estimate of drug-likeness (QED) is 0.0301. The molecule has 1 unspecified atom stereocenters. The van der Waals surface area contributed by atoms with E-state index in [2.05, 4.69) is 18.4 Å². The van der Waals surface area contributed by atoms with Gasteiger partial charge in [0.25, 0.3) is 0 Å². The van der Waals surface area contributed by atoms with Crippen LogP contribution in [0, 0.1) is 0 Å².